The average molecular weight is 812 g/mol. The standard InChI is InChI=1S/C45H61N7O7/c1-2-3-19-34-41(55)46-23-12-21-35(48-40(54)27-39(53)30-16-8-5-9-17-30)45(59)52-24-13-22-38(52)44(58)51-36(25-29-14-6-4-7-15-29)42(56)50-37(43(57)49-34)26-31-28-47-33-20-11-10-18-32(31)33/h5,8-11,16-18,20,28-29,34-39,47,53H,2-4,6-7,12-15,19,21-27H2,1H3,(H,46,55)(H,48,54)(H,49,57)(H,50,56)(H,51,58)/t34-,35-,36+,37-,38-,39?/m0/s1. The number of unbranched alkanes of at least 4 members (excludes halogenated alkanes) is 1. The van der Waals surface area contributed by atoms with E-state index in [-0.39, 0.29) is 44.2 Å². The predicted molar refractivity (Wildman–Crippen MR) is 223 cm³/mol. The lowest BCUT2D eigenvalue weighted by Crippen LogP contribution is -2.59. The first kappa shape index (κ1) is 43.3. The van der Waals surface area contributed by atoms with Crippen LogP contribution in [-0.4, -0.2) is 93.7 Å². The van der Waals surface area contributed by atoms with Gasteiger partial charge in [-0.15, -0.1) is 0 Å². The van der Waals surface area contributed by atoms with Crippen molar-refractivity contribution in [3.8, 4) is 0 Å². The fourth-order valence-corrected chi connectivity index (χ4v) is 8.83. The average Bonchev–Trinajstić information content (AvgIpc) is 3.91. The third-order valence-corrected chi connectivity index (χ3v) is 12.1. The first-order chi connectivity index (χ1) is 28.6. The summed E-state index contributed by atoms with van der Waals surface area (Å²) in [7, 11) is 0. The van der Waals surface area contributed by atoms with Gasteiger partial charge in [0.25, 0.3) is 0 Å². The molecule has 2 aliphatic heterocycles. The van der Waals surface area contributed by atoms with Crippen molar-refractivity contribution in [2.45, 2.75) is 140 Å². The summed E-state index contributed by atoms with van der Waals surface area (Å²) in [6.07, 6.45) is 9.23. The Morgan fingerprint density at radius 1 is 0.797 bits per heavy atom. The molecule has 3 heterocycles. The third kappa shape index (κ3) is 11.7. The minimum Gasteiger partial charge on any atom is -0.388 e. The molecule has 1 saturated carbocycles. The highest BCUT2D eigenvalue weighted by molar-refractivity contribution is 5.97. The number of nitrogens with one attached hydrogen (secondary N) is 6. The van der Waals surface area contributed by atoms with E-state index in [1.807, 2.05) is 43.5 Å². The lowest BCUT2D eigenvalue weighted by atomic mass is 9.84. The Hall–Kier alpha value is -5.24. The van der Waals surface area contributed by atoms with Crippen LogP contribution < -0.4 is 26.6 Å². The Morgan fingerprint density at radius 3 is 2.29 bits per heavy atom. The van der Waals surface area contributed by atoms with Crippen LogP contribution in [0.4, 0.5) is 0 Å². The molecule has 6 atom stereocenters. The van der Waals surface area contributed by atoms with E-state index in [0.717, 1.165) is 55.0 Å². The maximum atomic E-state index is 14.5. The van der Waals surface area contributed by atoms with Crippen LogP contribution in [0.3, 0.4) is 0 Å². The van der Waals surface area contributed by atoms with Gasteiger partial charge in [0.15, 0.2) is 0 Å². The second-order valence-electron chi connectivity index (χ2n) is 16.5. The molecule has 0 radical (unpaired) electrons. The van der Waals surface area contributed by atoms with Gasteiger partial charge in [0.1, 0.15) is 30.2 Å². The first-order valence-electron chi connectivity index (χ1n) is 21.7. The number of aliphatic hydroxyl groups is 1. The topological polar surface area (TPSA) is 202 Å². The van der Waals surface area contributed by atoms with Crippen molar-refractivity contribution >= 4 is 46.3 Å². The number of carbonyl (C=O) groups excluding carboxylic acids is 6. The van der Waals surface area contributed by atoms with Gasteiger partial charge in [0.2, 0.25) is 35.4 Å². The molecule has 6 rings (SSSR count). The Balaban J connectivity index is 1.28. The zero-order valence-corrected chi connectivity index (χ0v) is 34.2. The molecule has 3 fully saturated rings. The maximum absolute atomic E-state index is 14.5. The molecule has 2 saturated heterocycles. The number of carbonyl (C=O) groups is 6. The van der Waals surface area contributed by atoms with Crippen LogP contribution in [0, 0.1) is 5.92 Å². The van der Waals surface area contributed by atoms with E-state index in [1.165, 1.54) is 4.90 Å². The summed E-state index contributed by atoms with van der Waals surface area (Å²) in [4.78, 5) is 89.1. The van der Waals surface area contributed by atoms with Crippen molar-refractivity contribution in [1.29, 1.82) is 0 Å². The van der Waals surface area contributed by atoms with Crippen LogP contribution in [0.5, 0.6) is 0 Å². The van der Waals surface area contributed by atoms with Crippen molar-refractivity contribution in [1.82, 2.24) is 36.5 Å². The van der Waals surface area contributed by atoms with Crippen molar-refractivity contribution in [3.05, 3.63) is 71.9 Å². The summed E-state index contributed by atoms with van der Waals surface area (Å²) >= 11 is 0. The van der Waals surface area contributed by atoms with E-state index in [4.69, 9.17) is 0 Å². The highest BCUT2D eigenvalue weighted by Gasteiger charge is 2.40. The minimum atomic E-state index is -1.08. The molecule has 2 aromatic carbocycles. The molecule has 6 amide bonds. The highest BCUT2D eigenvalue weighted by Crippen LogP contribution is 2.28. The number of aromatic nitrogens is 1. The molecule has 14 nitrogen and oxygen atoms in total. The fourth-order valence-electron chi connectivity index (χ4n) is 8.83. The molecule has 7 N–H and O–H groups in total. The maximum Gasteiger partial charge on any atom is 0.245 e. The number of hydrogen-bond donors (Lipinski definition) is 7. The predicted octanol–water partition coefficient (Wildman–Crippen LogP) is 3.83. The van der Waals surface area contributed by atoms with Gasteiger partial charge >= 0.3 is 0 Å². The summed E-state index contributed by atoms with van der Waals surface area (Å²) in [6.45, 7) is 2.45. The van der Waals surface area contributed by atoms with Gasteiger partial charge in [-0.2, -0.15) is 0 Å². The largest absolute Gasteiger partial charge is 0.388 e. The van der Waals surface area contributed by atoms with Crippen molar-refractivity contribution in [2.24, 2.45) is 5.92 Å². The van der Waals surface area contributed by atoms with Gasteiger partial charge in [-0.25, -0.2) is 0 Å². The number of aromatic amines is 1. The number of rotatable bonds is 11. The normalized spacial score (nSPS) is 24.9. The van der Waals surface area contributed by atoms with Crippen LogP contribution in [0.25, 0.3) is 10.9 Å². The summed E-state index contributed by atoms with van der Waals surface area (Å²) in [5.74, 6) is -2.62. The number of amides is 6. The summed E-state index contributed by atoms with van der Waals surface area (Å²) in [5, 5.41) is 26.4. The highest BCUT2D eigenvalue weighted by atomic mass is 16.3. The van der Waals surface area contributed by atoms with E-state index in [2.05, 4.69) is 31.6 Å². The monoisotopic (exact) mass is 811 g/mol. The molecule has 59 heavy (non-hydrogen) atoms. The zero-order valence-electron chi connectivity index (χ0n) is 34.2. The lowest BCUT2D eigenvalue weighted by Gasteiger charge is -2.32. The fraction of sp³-hybridized carbons (Fsp3) is 0.556. The van der Waals surface area contributed by atoms with Gasteiger partial charge in [-0.3, -0.25) is 28.8 Å². The van der Waals surface area contributed by atoms with E-state index in [9.17, 15) is 33.9 Å². The third-order valence-electron chi connectivity index (χ3n) is 12.1. The molecular formula is C45H61N7O7. The summed E-state index contributed by atoms with van der Waals surface area (Å²) < 4.78 is 0. The van der Waals surface area contributed by atoms with Gasteiger partial charge < -0.3 is 41.6 Å². The SMILES string of the molecule is CCCC[C@@H]1NC(=O)[C@H](Cc2c[nH]c3ccccc23)NC(=O)[C@@H](CC2CCCCC2)NC(=O)[C@@H]2CCCN2C(=O)[C@@H](NC(=O)CC(O)c2ccccc2)CCCNC1=O. The Kier molecular flexibility index (Phi) is 15.5. The molecule has 14 heteroatoms. The zero-order chi connectivity index (χ0) is 41.7. The van der Waals surface area contributed by atoms with E-state index in [0.29, 0.717) is 44.1 Å². The lowest BCUT2D eigenvalue weighted by molar-refractivity contribution is -0.142. The van der Waals surface area contributed by atoms with Crippen LogP contribution in [-0.2, 0) is 35.2 Å². The van der Waals surface area contributed by atoms with E-state index >= 15 is 0 Å². The van der Waals surface area contributed by atoms with Crippen LogP contribution >= 0.6 is 0 Å². The quantitative estimate of drug-likeness (QED) is 0.153. The Bertz CT molecular complexity index is 1910. The number of benzene rings is 2. The van der Waals surface area contributed by atoms with Gasteiger partial charge in [0, 0.05) is 36.6 Å². The number of nitrogens with zero attached hydrogens (tertiary/aromatic N) is 1. The molecule has 318 valence electrons. The van der Waals surface area contributed by atoms with Gasteiger partial charge in [-0.1, -0.05) is 100 Å². The second kappa shape index (κ2) is 21.1. The molecule has 3 aliphatic rings. The van der Waals surface area contributed by atoms with Crippen LogP contribution in [0.2, 0.25) is 0 Å². The molecular weight excluding hydrogens is 751 g/mol. The molecule has 1 aromatic heterocycles. The number of aliphatic hydroxyl groups excluding tert-OH is 1. The van der Waals surface area contributed by atoms with Gasteiger partial charge in [0.05, 0.1) is 12.5 Å². The van der Waals surface area contributed by atoms with Crippen molar-refractivity contribution in [2.75, 3.05) is 13.1 Å². The number of para-hydroxylation sites is 1. The van der Waals surface area contributed by atoms with Crippen LogP contribution in [0.1, 0.15) is 114 Å². The van der Waals surface area contributed by atoms with Crippen molar-refractivity contribution in [3.63, 3.8) is 0 Å². The summed E-state index contributed by atoms with van der Waals surface area (Å²) in [5.41, 5.74) is 2.28. The number of fused-ring (bicyclic) bond motifs is 2. The van der Waals surface area contributed by atoms with E-state index < -0.39 is 65.8 Å². The number of hydrogen-bond acceptors (Lipinski definition) is 7. The molecule has 1 aliphatic carbocycles. The molecule has 1 unspecified atom stereocenters. The van der Waals surface area contributed by atoms with Crippen LogP contribution in [0.15, 0.2) is 60.8 Å². The Labute approximate surface area is 346 Å². The molecule has 0 spiro atoms. The van der Waals surface area contributed by atoms with Crippen molar-refractivity contribution < 1.29 is 33.9 Å². The van der Waals surface area contributed by atoms with E-state index in [1.54, 1.807) is 24.3 Å². The summed E-state index contributed by atoms with van der Waals surface area (Å²) in [6, 6.07) is 11.7. The molecule has 0 bridgehead atoms. The minimum absolute atomic E-state index is 0.147. The number of H-pyrrole nitrogens is 1. The van der Waals surface area contributed by atoms with Gasteiger partial charge in [-0.05, 0) is 61.6 Å². The smallest absolute Gasteiger partial charge is 0.245 e. The Morgan fingerprint density at radius 2 is 1.51 bits per heavy atom. The second-order valence-corrected chi connectivity index (χ2v) is 16.5. The first-order valence-corrected chi connectivity index (χ1v) is 21.7. The molecule has 3 aromatic rings.